The van der Waals surface area contributed by atoms with E-state index in [9.17, 15) is 4.79 Å². The molecule has 0 unspecified atom stereocenters. The highest BCUT2D eigenvalue weighted by Crippen LogP contribution is 2.62. The number of carbonyl (C=O) groups is 1. The number of ether oxygens (including phenoxy) is 1. The third-order valence-corrected chi connectivity index (χ3v) is 14.7. The van der Waals surface area contributed by atoms with E-state index >= 15 is 0 Å². The Morgan fingerprint density at radius 2 is 1.64 bits per heavy atom. The Bertz CT molecular complexity index is 1250. The lowest BCUT2D eigenvalue weighted by Crippen LogP contribution is -2.49. The highest BCUT2D eigenvalue weighted by Gasteiger charge is 2.53. The van der Waals surface area contributed by atoms with Crippen LogP contribution in [0.2, 0.25) is 23.2 Å². The van der Waals surface area contributed by atoms with Gasteiger partial charge in [0.2, 0.25) is 8.32 Å². The van der Waals surface area contributed by atoms with Crippen LogP contribution in [0.25, 0.3) is 17.2 Å². The largest absolute Gasteiger partial charge is 0.543 e. The monoisotopic (exact) mass is 564 g/mol. The molecule has 0 saturated heterocycles. The molecule has 0 aliphatic heterocycles. The molecule has 6 rings (SSSR count). The van der Waals surface area contributed by atoms with Gasteiger partial charge in [-0.05, 0) is 140 Å². The Morgan fingerprint density at radius 3 is 2.18 bits per heavy atom. The van der Waals surface area contributed by atoms with Gasteiger partial charge in [0.15, 0.2) is 0 Å². The molecule has 4 saturated carbocycles. The van der Waals surface area contributed by atoms with E-state index in [1.165, 1.54) is 61.3 Å². The van der Waals surface area contributed by atoms with Gasteiger partial charge in [-0.1, -0.05) is 44.5 Å². The van der Waals surface area contributed by atoms with Crippen LogP contribution in [-0.4, -0.2) is 20.9 Å². The summed E-state index contributed by atoms with van der Waals surface area (Å²) in [4.78, 5) is 11.8. The molecular formula is C34H45ClO3Si. The average molecular weight is 565 g/mol. The smallest absolute Gasteiger partial charge is 0.330 e. The SMILES string of the molecule is CCOC(=O)/C=C/c1ccc(-c2cc(C34CC5CC(CC(C5)C3)C4)c(O[Si](C)(C)C(C)(C)C)cc2C)c(Cl)c1. The molecular weight excluding hydrogens is 520 g/mol. The van der Waals surface area contributed by atoms with Gasteiger partial charge in [-0.2, -0.15) is 0 Å². The molecule has 4 aliphatic carbocycles. The molecule has 0 heterocycles. The molecule has 4 aliphatic rings. The Labute approximate surface area is 241 Å². The molecule has 0 aromatic heterocycles. The van der Waals surface area contributed by atoms with Gasteiger partial charge in [0, 0.05) is 16.7 Å². The molecule has 0 amide bonds. The Kier molecular flexibility index (Phi) is 7.61. The summed E-state index contributed by atoms with van der Waals surface area (Å²) in [6.07, 6.45) is 11.4. The van der Waals surface area contributed by atoms with Crippen LogP contribution in [0.3, 0.4) is 0 Å². The van der Waals surface area contributed by atoms with E-state index in [2.05, 4.69) is 59.0 Å². The van der Waals surface area contributed by atoms with Gasteiger partial charge < -0.3 is 9.16 Å². The zero-order valence-electron chi connectivity index (χ0n) is 24.8. The van der Waals surface area contributed by atoms with Crippen LogP contribution in [0, 0.1) is 24.7 Å². The molecule has 4 fully saturated rings. The minimum Gasteiger partial charge on any atom is -0.543 e. The van der Waals surface area contributed by atoms with Gasteiger partial charge in [-0.25, -0.2) is 4.79 Å². The van der Waals surface area contributed by atoms with E-state index in [-0.39, 0.29) is 16.4 Å². The summed E-state index contributed by atoms with van der Waals surface area (Å²) in [7, 11) is -2.03. The summed E-state index contributed by atoms with van der Waals surface area (Å²) in [6, 6.07) is 10.8. The molecule has 5 heteroatoms. The second-order valence-electron chi connectivity index (χ2n) is 14.0. The van der Waals surface area contributed by atoms with Crippen LogP contribution in [0.5, 0.6) is 5.75 Å². The second kappa shape index (κ2) is 10.4. The molecule has 0 spiro atoms. The Hall–Kier alpha value is -2.04. The molecule has 4 bridgehead atoms. The number of rotatable bonds is 7. The van der Waals surface area contributed by atoms with Crippen LogP contribution in [0.1, 0.15) is 82.9 Å². The van der Waals surface area contributed by atoms with E-state index < -0.39 is 8.32 Å². The van der Waals surface area contributed by atoms with Gasteiger partial charge in [0.25, 0.3) is 0 Å². The first-order valence-corrected chi connectivity index (χ1v) is 18.1. The number of hydrogen-bond donors (Lipinski definition) is 0. The number of aryl methyl sites for hydroxylation is 1. The van der Waals surface area contributed by atoms with E-state index in [0.29, 0.717) is 11.6 Å². The first kappa shape index (κ1) is 28.5. The van der Waals surface area contributed by atoms with Gasteiger partial charge in [-0.3, -0.25) is 0 Å². The van der Waals surface area contributed by atoms with Crippen molar-refractivity contribution in [2.45, 2.75) is 96.7 Å². The number of halogens is 1. The van der Waals surface area contributed by atoms with E-state index in [1.54, 1.807) is 13.0 Å². The zero-order chi connectivity index (χ0) is 28.2. The average Bonchev–Trinajstić information content (AvgIpc) is 2.82. The van der Waals surface area contributed by atoms with Crippen molar-refractivity contribution in [3.63, 3.8) is 0 Å². The second-order valence-corrected chi connectivity index (χ2v) is 19.2. The third kappa shape index (κ3) is 5.61. The lowest BCUT2D eigenvalue weighted by molar-refractivity contribution is -0.137. The van der Waals surface area contributed by atoms with Crippen LogP contribution < -0.4 is 4.43 Å². The normalized spacial score (nSPS) is 26.3. The molecule has 0 atom stereocenters. The first-order chi connectivity index (χ1) is 18.3. The van der Waals surface area contributed by atoms with Crippen molar-refractivity contribution in [1.82, 2.24) is 0 Å². The predicted molar refractivity (Wildman–Crippen MR) is 165 cm³/mol. The molecule has 2 aromatic carbocycles. The van der Waals surface area contributed by atoms with Crippen molar-refractivity contribution >= 4 is 32.0 Å². The topological polar surface area (TPSA) is 35.5 Å². The van der Waals surface area contributed by atoms with Crippen LogP contribution in [0.4, 0.5) is 0 Å². The van der Waals surface area contributed by atoms with Crippen LogP contribution >= 0.6 is 11.6 Å². The third-order valence-electron chi connectivity index (χ3n) is 10.1. The molecule has 3 nitrogen and oxygen atoms in total. The van der Waals surface area contributed by atoms with Gasteiger partial charge in [0.1, 0.15) is 5.75 Å². The lowest BCUT2D eigenvalue weighted by Gasteiger charge is -2.57. The molecule has 0 N–H and O–H groups in total. The number of esters is 1. The maximum atomic E-state index is 11.8. The molecule has 39 heavy (non-hydrogen) atoms. The maximum Gasteiger partial charge on any atom is 0.330 e. The minimum absolute atomic E-state index is 0.133. The highest BCUT2D eigenvalue weighted by molar-refractivity contribution is 6.74. The summed E-state index contributed by atoms with van der Waals surface area (Å²) in [5.41, 5.74) is 5.93. The maximum absolute atomic E-state index is 11.8. The Morgan fingerprint density at radius 1 is 1.03 bits per heavy atom. The molecule has 210 valence electrons. The van der Waals surface area contributed by atoms with Crippen LogP contribution in [-0.2, 0) is 14.9 Å². The van der Waals surface area contributed by atoms with Crippen molar-refractivity contribution in [2.75, 3.05) is 6.61 Å². The fourth-order valence-corrected chi connectivity index (χ4v) is 8.86. The quantitative estimate of drug-likeness (QED) is 0.191. The predicted octanol–water partition coefficient (Wildman–Crippen LogP) is 9.74. The van der Waals surface area contributed by atoms with E-state index in [4.69, 9.17) is 20.8 Å². The van der Waals surface area contributed by atoms with Gasteiger partial charge in [0.05, 0.1) is 6.61 Å². The summed E-state index contributed by atoms with van der Waals surface area (Å²) in [5.74, 6) is 3.35. The number of carbonyl (C=O) groups excluding carboxylic acids is 1. The zero-order valence-corrected chi connectivity index (χ0v) is 26.6. The van der Waals surface area contributed by atoms with Crippen LogP contribution in [0.15, 0.2) is 36.4 Å². The van der Waals surface area contributed by atoms with Crippen molar-refractivity contribution < 1.29 is 14.0 Å². The summed E-state index contributed by atoms with van der Waals surface area (Å²) >= 11 is 6.92. The Balaban J connectivity index is 1.58. The molecule has 2 aromatic rings. The summed E-state index contributed by atoms with van der Waals surface area (Å²) in [5, 5.41) is 0.827. The van der Waals surface area contributed by atoms with E-state index in [1.807, 2.05) is 12.1 Å². The first-order valence-electron chi connectivity index (χ1n) is 14.8. The summed E-state index contributed by atoms with van der Waals surface area (Å²) in [6.45, 7) is 16.0. The van der Waals surface area contributed by atoms with E-state index in [0.717, 1.165) is 34.6 Å². The van der Waals surface area contributed by atoms with Gasteiger partial charge >= 0.3 is 5.97 Å². The number of hydrogen-bond acceptors (Lipinski definition) is 3. The fraction of sp³-hybridized carbons (Fsp3) is 0.559. The minimum atomic E-state index is -2.03. The summed E-state index contributed by atoms with van der Waals surface area (Å²) < 4.78 is 12.2. The molecule has 0 radical (unpaired) electrons. The van der Waals surface area contributed by atoms with Gasteiger partial charge in [-0.15, -0.1) is 0 Å². The highest BCUT2D eigenvalue weighted by atomic mass is 35.5. The fourth-order valence-electron chi connectivity index (χ4n) is 7.55. The van der Waals surface area contributed by atoms with Crippen molar-refractivity contribution in [3.05, 3.63) is 58.1 Å². The standard InChI is InChI=1S/C34H45ClO3Si/c1-8-37-32(36)12-10-23-9-11-27(30(35)17-23)28-18-29(31(13-22(28)2)38-39(6,7)33(3,4)5)34-19-24-14-25(20-34)16-26(15-24)21-34/h9-13,17-18,24-26H,8,14-16,19-21H2,1-7H3/b12-10+. The van der Waals surface area contributed by atoms with Crippen molar-refractivity contribution in [3.8, 4) is 16.9 Å². The lowest BCUT2D eigenvalue weighted by atomic mass is 9.48. The van der Waals surface area contributed by atoms with Crippen molar-refractivity contribution in [2.24, 2.45) is 17.8 Å². The number of benzene rings is 2. The van der Waals surface area contributed by atoms with Crippen molar-refractivity contribution in [1.29, 1.82) is 0 Å².